The number of carbonyl (C=O) groups is 1. The van der Waals surface area contributed by atoms with Crippen LogP contribution in [0.5, 0.6) is 0 Å². The van der Waals surface area contributed by atoms with E-state index in [0.717, 1.165) is 34.4 Å². The summed E-state index contributed by atoms with van der Waals surface area (Å²) < 4.78 is 8.14. The second-order valence-electron chi connectivity index (χ2n) is 6.61. The zero-order valence-corrected chi connectivity index (χ0v) is 15.6. The number of aryl methyl sites for hydroxylation is 1. The van der Waals surface area contributed by atoms with Crippen LogP contribution >= 0.6 is 0 Å². The van der Waals surface area contributed by atoms with E-state index in [-0.39, 0.29) is 0 Å². The van der Waals surface area contributed by atoms with Crippen molar-refractivity contribution in [2.75, 3.05) is 0 Å². The zero-order valence-electron chi connectivity index (χ0n) is 15.6. The molecule has 0 N–H and O–H groups in total. The van der Waals surface area contributed by atoms with Crippen molar-refractivity contribution < 1.29 is 9.21 Å². The first-order valence-electron chi connectivity index (χ1n) is 8.98. The van der Waals surface area contributed by atoms with Gasteiger partial charge in [0.25, 0.3) is 0 Å². The first kappa shape index (κ1) is 17.6. The van der Waals surface area contributed by atoms with Gasteiger partial charge in [0.2, 0.25) is 5.88 Å². The number of aldehydes is 1. The van der Waals surface area contributed by atoms with E-state index in [1.54, 1.807) is 6.07 Å². The van der Waals surface area contributed by atoms with Gasteiger partial charge in [-0.3, -0.25) is 9.36 Å². The number of rotatable bonds is 4. The third kappa shape index (κ3) is 2.74. The van der Waals surface area contributed by atoms with Crippen molar-refractivity contribution in [3.8, 4) is 34.4 Å². The lowest BCUT2D eigenvalue weighted by Gasteiger charge is -2.06. The molecule has 0 spiro atoms. The van der Waals surface area contributed by atoms with Gasteiger partial charge >= 0.3 is 0 Å². The summed E-state index contributed by atoms with van der Waals surface area (Å²) in [5.74, 6) is 1.07. The van der Waals surface area contributed by atoms with Crippen molar-refractivity contribution in [1.29, 1.82) is 5.26 Å². The minimum atomic E-state index is 0.434. The lowest BCUT2D eigenvalue weighted by molar-refractivity contribution is 0.112. The van der Waals surface area contributed by atoms with Crippen LogP contribution in [0.3, 0.4) is 0 Å². The van der Waals surface area contributed by atoms with Crippen LogP contribution in [0.2, 0.25) is 0 Å². The van der Waals surface area contributed by atoms with Crippen LogP contribution in [0, 0.1) is 25.2 Å². The number of hydrogen-bond acceptors (Lipinski definition) is 3. The third-order valence-electron chi connectivity index (χ3n) is 4.90. The number of benzene rings is 2. The Balaban J connectivity index is 2.08. The Kier molecular flexibility index (Phi) is 4.42. The Morgan fingerprint density at radius 2 is 1.57 bits per heavy atom. The van der Waals surface area contributed by atoms with Crippen LogP contribution in [0.1, 0.15) is 27.3 Å². The highest BCUT2D eigenvalue weighted by molar-refractivity contribution is 5.87. The van der Waals surface area contributed by atoms with Gasteiger partial charge in [0, 0.05) is 28.1 Å². The van der Waals surface area contributed by atoms with Gasteiger partial charge in [-0.2, -0.15) is 5.26 Å². The molecule has 0 atom stereocenters. The van der Waals surface area contributed by atoms with Crippen LogP contribution < -0.4 is 0 Å². The van der Waals surface area contributed by atoms with E-state index in [2.05, 4.69) is 6.07 Å². The van der Waals surface area contributed by atoms with Gasteiger partial charge in [-0.25, -0.2) is 0 Å². The number of furan rings is 1. The highest BCUT2D eigenvalue weighted by Crippen LogP contribution is 2.41. The fourth-order valence-corrected chi connectivity index (χ4v) is 3.57. The predicted molar refractivity (Wildman–Crippen MR) is 108 cm³/mol. The summed E-state index contributed by atoms with van der Waals surface area (Å²) in [6.45, 7) is 3.75. The predicted octanol–water partition coefficient (Wildman–Crippen LogP) is 5.71. The quantitative estimate of drug-likeness (QED) is 0.435. The van der Waals surface area contributed by atoms with Crippen molar-refractivity contribution in [3.63, 3.8) is 0 Å². The molecule has 0 radical (unpaired) electrons. The smallest absolute Gasteiger partial charge is 0.223 e. The third-order valence-corrected chi connectivity index (χ3v) is 4.90. The molecule has 2 heterocycles. The van der Waals surface area contributed by atoms with E-state index >= 15 is 0 Å². The summed E-state index contributed by atoms with van der Waals surface area (Å²) >= 11 is 0. The fourth-order valence-electron chi connectivity index (χ4n) is 3.57. The molecule has 2 aromatic heterocycles. The molecule has 4 heteroatoms. The van der Waals surface area contributed by atoms with E-state index in [4.69, 9.17) is 4.42 Å². The second-order valence-corrected chi connectivity index (χ2v) is 6.61. The molecule has 0 saturated heterocycles. The molecule has 0 bridgehead atoms. The second kappa shape index (κ2) is 7.05. The van der Waals surface area contributed by atoms with Crippen molar-refractivity contribution in [1.82, 2.24) is 4.57 Å². The van der Waals surface area contributed by atoms with Crippen LogP contribution in [0.25, 0.3) is 28.3 Å². The molecule has 4 rings (SSSR count). The van der Waals surface area contributed by atoms with Crippen LogP contribution in [-0.2, 0) is 0 Å². The van der Waals surface area contributed by atoms with Gasteiger partial charge < -0.3 is 4.42 Å². The van der Waals surface area contributed by atoms with Crippen LogP contribution in [0.4, 0.5) is 0 Å². The average Bonchev–Trinajstić information content (AvgIpc) is 3.25. The summed E-state index contributed by atoms with van der Waals surface area (Å²) in [6.07, 6.45) is 0.823. The molecule has 0 aliphatic carbocycles. The van der Waals surface area contributed by atoms with E-state index in [0.29, 0.717) is 22.8 Å². The van der Waals surface area contributed by atoms with E-state index in [1.807, 2.05) is 79.1 Å². The highest BCUT2D eigenvalue weighted by atomic mass is 16.4. The maximum atomic E-state index is 11.4. The fraction of sp³-hybridized carbons (Fsp3) is 0.0833. The van der Waals surface area contributed by atoms with Crippen LogP contribution in [0.15, 0.2) is 71.1 Å². The van der Waals surface area contributed by atoms with Gasteiger partial charge in [0.15, 0.2) is 6.29 Å². The Morgan fingerprint density at radius 1 is 0.964 bits per heavy atom. The van der Waals surface area contributed by atoms with Gasteiger partial charge in [-0.15, -0.1) is 0 Å². The summed E-state index contributed by atoms with van der Waals surface area (Å²) in [7, 11) is 0. The maximum Gasteiger partial charge on any atom is 0.223 e. The molecule has 4 nitrogen and oxygen atoms in total. The number of nitrogens with zero attached hydrogens (tertiary/aromatic N) is 2. The molecule has 0 fully saturated rings. The molecule has 0 aliphatic rings. The highest BCUT2D eigenvalue weighted by Gasteiger charge is 2.26. The van der Waals surface area contributed by atoms with E-state index in [9.17, 15) is 10.1 Å². The van der Waals surface area contributed by atoms with Crippen molar-refractivity contribution in [3.05, 3.63) is 89.2 Å². The van der Waals surface area contributed by atoms with E-state index < -0.39 is 0 Å². The molecule has 0 amide bonds. The number of carbonyl (C=O) groups excluding carboxylic acids is 1. The Labute approximate surface area is 163 Å². The lowest BCUT2D eigenvalue weighted by atomic mass is 9.98. The zero-order chi connectivity index (χ0) is 19.7. The number of aromatic nitrogens is 1. The van der Waals surface area contributed by atoms with Crippen LogP contribution in [-0.4, -0.2) is 10.9 Å². The lowest BCUT2D eigenvalue weighted by Crippen LogP contribution is -2.00. The Bertz CT molecular complexity index is 1190. The molecular weight excluding hydrogens is 348 g/mol. The molecular formula is C24H18N2O2. The molecule has 0 unspecified atom stereocenters. The summed E-state index contributed by atoms with van der Waals surface area (Å²) in [5.41, 5.74) is 5.17. The molecule has 0 saturated carbocycles. The standard InChI is InChI=1S/C24H18N2O2/c1-16-13-20(15-27)17(2)26(16)24-21(14-25)22(18-9-5-3-6-10-18)23(28-24)19-11-7-4-8-12-19/h3-13,15H,1-2H3. The summed E-state index contributed by atoms with van der Waals surface area (Å²) in [6, 6.07) is 23.6. The number of hydrogen-bond donors (Lipinski definition) is 0. The normalized spacial score (nSPS) is 10.6. The van der Waals surface area contributed by atoms with Crippen molar-refractivity contribution in [2.24, 2.45) is 0 Å². The minimum Gasteiger partial charge on any atom is -0.438 e. The Hall–Kier alpha value is -3.84. The average molecular weight is 366 g/mol. The molecule has 28 heavy (non-hydrogen) atoms. The van der Waals surface area contributed by atoms with Gasteiger partial charge in [0.05, 0.1) is 0 Å². The van der Waals surface area contributed by atoms with Crippen molar-refractivity contribution in [2.45, 2.75) is 13.8 Å². The SMILES string of the molecule is Cc1cc(C=O)c(C)n1-c1oc(-c2ccccc2)c(-c2ccccc2)c1C#N. The first-order valence-corrected chi connectivity index (χ1v) is 8.98. The molecule has 4 aromatic rings. The topological polar surface area (TPSA) is 58.9 Å². The van der Waals surface area contributed by atoms with E-state index in [1.165, 1.54) is 0 Å². The Morgan fingerprint density at radius 3 is 2.11 bits per heavy atom. The largest absolute Gasteiger partial charge is 0.438 e. The maximum absolute atomic E-state index is 11.4. The minimum absolute atomic E-state index is 0.434. The number of nitriles is 1. The first-order chi connectivity index (χ1) is 13.7. The van der Waals surface area contributed by atoms with Gasteiger partial charge in [-0.1, -0.05) is 60.7 Å². The van der Waals surface area contributed by atoms with Crippen molar-refractivity contribution >= 4 is 6.29 Å². The van der Waals surface area contributed by atoms with Gasteiger partial charge in [-0.05, 0) is 25.5 Å². The summed E-state index contributed by atoms with van der Waals surface area (Å²) in [4.78, 5) is 11.4. The monoisotopic (exact) mass is 366 g/mol. The summed E-state index contributed by atoms with van der Waals surface area (Å²) in [5, 5.41) is 10.0. The van der Waals surface area contributed by atoms with Gasteiger partial charge in [0.1, 0.15) is 17.4 Å². The molecule has 0 aliphatic heterocycles. The molecule has 2 aromatic carbocycles. The molecule has 136 valence electrons.